The molecule has 6 nitrogen and oxygen atoms in total. The number of hydrogen-bond donors (Lipinski definition) is 0. The lowest BCUT2D eigenvalue weighted by Crippen LogP contribution is -2.48. The first kappa shape index (κ1) is 17.0. The van der Waals surface area contributed by atoms with E-state index in [0.717, 1.165) is 55.1 Å². The summed E-state index contributed by atoms with van der Waals surface area (Å²) in [6, 6.07) is 9.75. The van der Waals surface area contributed by atoms with E-state index < -0.39 is 15.3 Å². The molecule has 0 spiro atoms. The summed E-state index contributed by atoms with van der Waals surface area (Å²) in [4.78, 5) is 11.2. The average Bonchev–Trinajstić information content (AvgIpc) is 3.47. The zero-order valence-corrected chi connectivity index (χ0v) is 16.1. The van der Waals surface area contributed by atoms with Gasteiger partial charge in [-0.05, 0) is 49.8 Å². The maximum absolute atomic E-state index is 13.4. The molecule has 27 heavy (non-hydrogen) atoms. The van der Waals surface area contributed by atoms with Gasteiger partial charge in [-0.1, -0.05) is 18.2 Å². The highest BCUT2D eigenvalue weighted by Gasteiger charge is 2.38. The fraction of sp³-hybridized carbons (Fsp3) is 0.500. The largest absolute Gasteiger partial charge is 0.355 e. The molecular weight excluding hydrogens is 360 g/mol. The fourth-order valence-electron chi connectivity index (χ4n) is 4.22. The van der Waals surface area contributed by atoms with Crippen molar-refractivity contribution in [1.82, 2.24) is 9.97 Å². The highest BCUT2D eigenvalue weighted by molar-refractivity contribution is 7.93. The Balaban J connectivity index is 1.38. The smallest absolute Gasteiger partial charge is 0.239 e. The van der Waals surface area contributed by atoms with Crippen molar-refractivity contribution in [3.63, 3.8) is 0 Å². The Morgan fingerprint density at radius 1 is 1.04 bits per heavy atom. The third-order valence-corrected chi connectivity index (χ3v) is 8.10. The van der Waals surface area contributed by atoms with Crippen LogP contribution in [0.1, 0.15) is 43.0 Å². The highest BCUT2D eigenvalue weighted by Crippen LogP contribution is 2.38. The van der Waals surface area contributed by atoms with Crippen LogP contribution in [0.5, 0.6) is 0 Å². The molecule has 0 N–H and O–H groups in total. The van der Waals surface area contributed by atoms with E-state index in [2.05, 4.69) is 9.88 Å². The summed E-state index contributed by atoms with van der Waals surface area (Å²) in [5.41, 5.74) is 1.98. The first-order valence-electron chi connectivity index (χ1n) is 9.80. The van der Waals surface area contributed by atoms with Crippen LogP contribution in [0.15, 0.2) is 36.5 Å². The van der Waals surface area contributed by atoms with Crippen molar-refractivity contribution in [3.05, 3.63) is 47.9 Å². The summed E-state index contributed by atoms with van der Waals surface area (Å²) in [6.07, 6.45) is 6.50. The van der Waals surface area contributed by atoms with Crippen LogP contribution >= 0.6 is 0 Å². The monoisotopic (exact) mass is 384 g/mol. The third-order valence-electron chi connectivity index (χ3n) is 5.88. The molecule has 142 valence electrons. The van der Waals surface area contributed by atoms with Crippen molar-refractivity contribution in [3.8, 4) is 0 Å². The van der Waals surface area contributed by atoms with Crippen molar-refractivity contribution in [2.45, 2.75) is 43.3 Å². The van der Waals surface area contributed by atoms with Crippen LogP contribution in [0.25, 0.3) is 0 Å². The molecule has 1 atom stereocenters. The maximum Gasteiger partial charge on any atom is 0.239 e. The number of hydrogen-bond acceptors (Lipinski definition) is 5. The topological polar surface area (TPSA) is 66.4 Å². The van der Waals surface area contributed by atoms with Crippen molar-refractivity contribution >= 4 is 21.5 Å². The van der Waals surface area contributed by atoms with E-state index in [0.29, 0.717) is 25.4 Å². The number of piperidine rings is 1. The summed E-state index contributed by atoms with van der Waals surface area (Å²) in [5, 5.41) is -0.392. The van der Waals surface area contributed by atoms with Gasteiger partial charge < -0.3 is 4.90 Å². The van der Waals surface area contributed by atoms with Crippen LogP contribution in [-0.4, -0.2) is 43.3 Å². The van der Waals surface area contributed by atoms with Gasteiger partial charge >= 0.3 is 0 Å². The molecule has 1 saturated heterocycles. The molecule has 7 heteroatoms. The van der Waals surface area contributed by atoms with E-state index in [9.17, 15) is 8.42 Å². The molecular formula is C20H24N4O2S. The molecule has 5 rings (SSSR count). The average molecular weight is 385 g/mol. The number of aromatic nitrogens is 2. The van der Waals surface area contributed by atoms with Gasteiger partial charge in [0.1, 0.15) is 11.6 Å². The molecule has 0 bridgehead atoms. The van der Waals surface area contributed by atoms with Crippen molar-refractivity contribution < 1.29 is 8.42 Å². The molecule has 2 fully saturated rings. The molecule has 1 saturated carbocycles. The first-order chi connectivity index (χ1) is 13.1. The lowest BCUT2D eigenvalue weighted by molar-refractivity contribution is 0.527. The van der Waals surface area contributed by atoms with Crippen molar-refractivity contribution in [2.75, 3.05) is 28.8 Å². The molecule has 0 amide bonds. The van der Waals surface area contributed by atoms with Crippen LogP contribution in [0, 0.1) is 0 Å². The minimum atomic E-state index is -3.38. The summed E-state index contributed by atoms with van der Waals surface area (Å²) < 4.78 is 28.4. The van der Waals surface area contributed by atoms with E-state index >= 15 is 0 Å². The predicted molar refractivity (Wildman–Crippen MR) is 106 cm³/mol. The Labute approximate surface area is 160 Å². The molecule has 2 aliphatic heterocycles. The van der Waals surface area contributed by atoms with Gasteiger partial charge in [0.15, 0.2) is 0 Å². The number of para-hydroxylation sites is 1. The van der Waals surface area contributed by atoms with Crippen LogP contribution in [0.4, 0.5) is 11.5 Å². The Morgan fingerprint density at radius 3 is 2.74 bits per heavy atom. The molecule has 1 aromatic carbocycles. The van der Waals surface area contributed by atoms with Gasteiger partial charge in [0.2, 0.25) is 10.0 Å². The molecule has 1 aromatic heterocycles. The van der Waals surface area contributed by atoms with E-state index in [1.807, 2.05) is 36.5 Å². The Kier molecular flexibility index (Phi) is 4.07. The zero-order chi connectivity index (χ0) is 18.4. The fourth-order valence-corrected chi connectivity index (χ4v) is 6.21. The number of sulfonamides is 1. The minimum Gasteiger partial charge on any atom is -0.355 e. The van der Waals surface area contributed by atoms with Gasteiger partial charge in [-0.15, -0.1) is 0 Å². The van der Waals surface area contributed by atoms with Gasteiger partial charge in [0, 0.05) is 31.7 Å². The SMILES string of the molecule is O=S(=O)(C1CCCN(c2ccnc(C3CC3)n2)C1)N1CCc2ccccc21. The Bertz CT molecular complexity index is 958. The van der Waals surface area contributed by atoms with Crippen LogP contribution in [-0.2, 0) is 16.4 Å². The predicted octanol–water partition coefficient (Wildman–Crippen LogP) is 2.72. The van der Waals surface area contributed by atoms with Gasteiger partial charge in [-0.25, -0.2) is 18.4 Å². The van der Waals surface area contributed by atoms with Gasteiger partial charge in [-0.3, -0.25) is 4.31 Å². The lowest BCUT2D eigenvalue weighted by atomic mass is 10.1. The molecule has 3 aliphatic rings. The summed E-state index contributed by atoms with van der Waals surface area (Å²) in [5.74, 6) is 2.27. The second kappa shape index (κ2) is 6.48. The Morgan fingerprint density at radius 2 is 1.89 bits per heavy atom. The summed E-state index contributed by atoms with van der Waals surface area (Å²) in [7, 11) is -3.38. The molecule has 1 aliphatic carbocycles. The van der Waals surface area contributed by atoms with Gasteiger partial charge in [0.25, 0.3) is 0 Å². The number of rotatable bonds is 4. The van der Waals surface area contributed by atoms with E-state index in [1.165, 1.54) is 0 Å². The maximum atomic E-state index is 13.4. The first-order valence-corrected chi connectivity index (χ1v) is 11.3. The number of benzene rings is 1. The molecule has 2 aromatic rings. The lowest BCUT2D eigenvalue weighted by Gasteiger charge is -2.35. The van der Waals surface area contributed by atoms with E-state index in [4.69, 9.17) is 4.98 Å². The summed E-state index contributed by atoms with van der Waals surface area (Å²) in [6.45, 7) is 1.91. The second-order valence-electron chi connectivity index (χ2n) is 7.75. The molecule has 0 radical (unpaired) electrons. The van der Waals surface area contributed by atoms with Crippen molar-refractivity contribution in [1.29, 1.82) is 0 Å². The summed E-state index contributed by atoms with van der Waals surface area (Å²) >= 11 is 0. The van der Waals surface area contributed by atoms with Crippen molar-refractivity contribution in [2.24, 2.45) is 0 Å². The minimum absolute atomic E-state index is 0.392. The van der Waals surface area contributed by atoms with Gasteiger partial charge in [-0.2, -0.15) is 0 Å². The molecule has 1 unspecified atom stereocenters. The zero-order valence-electron chi connectivity index (χ0n) is 15.3. The Hall–Kier alpha value is -2.15. The van der Waals surface area contributed by atoms with E-state index in [-0.39, 0.29) is 0 Å². The molecule has 3 heterocycles. The highest BCUT2D eigenvalue weighted by atomic mass is 32.2. The van der Waals surface area contributed by atoms with Crippen LogP contribution in [0.2, 0.25) is 0 Å². The van der Waals surface area contributed by atoms with Gasteiger partial charge in [0.05, 0.1) is 10.9 Å². The van der Waals surface area contributed by atoms with Crippen LogP contribution in [0.3, 0.4) is 0 Å². The van der Waals surface area contributed by atoms with E-state index in [1.54, 1.807) is 4.31 Å². The quantitative estimate of drug-likeness (QED) is 0.811. The third kappa shape index (κ3) is 3.08. The number of nitrogens with zero attached hydrogens (tertiary/aromatic N) is 4. The second-order valence-corrected chi connectivity index (χ2v) is 9.89. The van der Waals surface area contributed by atoms with Crippen LogP contribution < -0.4 is 9.21 Å². The normalized spacial score (nSPS) is 22.7. The standard InChI is InChI=1S/C20H24N4O2S/c25-27(26,24-13-10-15-4-1-2-6-18(15)24)17-5-3-12-23(14-17)19-9-11-21-20(22-19)16-7-8-16/h1-2,4,6,9,11,16-17H,3,5,7-8,10,12-14H2. The number of fused-ring (bicyclic) bond motifs is 1. The number of anilines is 2.